The van der Waals surface area contributed by atoms with Crippen LogP contribution in [-0.2, 0) is 0 Å². The van der Waals surface area contributed by atoms with Crippen LogP contribution in [0.4, 0.5) is 10.1 Å². The third-order valence-corrected chi connectivity index (χ3v) is 3.19. The molecule has 0 saturated carbocycles. The molecule has 2 N–H and O–H groups in total. The Labute approximate surface area is 119 Å². The third-order valence-electron chi connectivity index (χ3n) is 3.19. The number of carbonyl (C=O) groups is 1. The van der Waals surface area contributed by atoms with Crippen molar-refractivity contribution in [1.29, 1.82) is 5.26 Å². The minimum atomic E-state index is -0.636. The highest BCUT2D eigenvalue weighted by Gasteiger charge is 2.13. The number of anilines is 1. The average Bonchev–Trinajstić information content (AvgIpc) is 2.97. The van der Waals surface area contributed by atoms with Gasteiger partial charge in [-0.15, -0.1) is 0 Å². The number of hydrogen-bond acceptors (Lipinski definition) is 2. The fraction of sp³-hybridized carbons (Fsp3) is 0. The second-order valence-corrected chi connectivity index (χ2v) is 4.51. The molecule has 0 fully saturated rings. The van der Waals surface area contributed by atoms with E-state index in [2.05, 4.69) is 10.3 Å². The summed E-state index contributed by atoms with van der Waals surface area (Å²) in [5.41, 5.74) is 1.55. The van der Waals surface area contributed by atoms with Crippen LogP contribution in [0.2, 0.25) is 0 Å². The minimum absolute atomic E-state index is 0.0477. The fourth-order valence-corrected chi connectivity index (χ4v) is 2.16. The number of aromatic nitrogens is 1. The highest BCUT2D eigenvalue weighted by molar-refractivity contribution is 6.12. The highest BCUT2D eigenvalue weighted by atomic mass is 19.1. The van der Waals surface area contributed by atoms with Gasteiger partial charge in [-0.05, 0) is 36.4 Å². The summed E-state index contributed by atoms with van der Waals surface area (Å²) >= 11 is 0. The van der Waals surface area contributed by atoms with Gasteiger partial charge in [0.1, 0.15) is 5.82 Å². The van der Waals surface area contributed by atoms with Crippen molar-refractivity contribution in [2.24, 2.45) is 0 Å². The molecule has 4 nitrogen and oxygen atoms in total. The number of fused-ring (bicyclic) bond motifs is 1. The summed E-state index contributed by atoms with van der Waals surface area (Å²) < 4.78 is 13.8. The fourth-order valence-electron chi connectivity index (χ4n) is 2.16. The summed E-state index contributed by atoms with van der Waals surface area (Å²) in [6.07, 6.45) is 1.74. The molecule has 5 heteroatoms. The van der Waals surface area contributed by atoms with Gasteiger partial charge in [0, 0.05) is 22.7 Å². The maximum Gasteiger partial charge on any atom is 0.256 e. The summed E-state index contributed by atoms with van der Waals surface area (Å²) in [4.78, 5) is 15.3. The van der Waals surface area contributed by atoms with Crippen molar-refractivity contribution >= 4 is 22.5 Å². The quantitative estimate of drug-likeness (QED) is 0.754. The SMILES string of the molecule is N#Cc1ccc(NC(=O)c2cccc3[nH]ccc23)c(F)c1. The Morgan fingerprint density at radius 2 is 2.10 bits per heavy atom. The Bertz CT molecular complexity index is 877. The lowest BCUT2D eigenvalue weighted by Crippen LogP contribution is -2.13. The number of nitriles is 1. The molecule has 0 saturated heterocycles. The van der Waals surface area contributed by atoms with Crippen LogP contribution in [0, 0.1) is 17.1 Å². The van der Waals surface area contributed by atoms with Gasteiger partial charge in [0.15, 0.2) is 0 Å². The van der Waals surface area contributed by atoms with Gasteiger partial charge in [0.2, 0.25) is 0 Å². The molecular formula is C16H10FN3O. The van der Waals surface area contributed by atoms with Crippen molar-refractivity contribution in [3.63, 3.8) is 0 Å². The Morgan fingerprint density at radius 1 is 1.24 bits per heavy atom. The smallest absolute Gasteiger partial charge is 0.256 e. The molecule has 0 aliphatic carbocycles. The van der Waals surface area contributed by atoms with Crippen molar-refractivity contribution in [1.82, 2.24) is 4.98 Å². The van der Waals surface area contributed by atoms with Crippen molar-refractivity contribution < 1.29 is 9.18 Å². The van der Waals surface area contributed by atoms with Crippen LogP contribution >= 0.6 is 0 Å². The maximum atomic E-state index is 13.8. The summed E-state index contributed by atoms with van der Waals surface area (Å²) in [6, 6.07) is 12.8. The number of aromatic amines is 1. The molecule has 102 valence electrons. The maximum absolute atomic E-state index is 13.8. The van der Waals surface area contributed by atoms with E-state index >= 15 is 0 Å². The zero-order chi connectivity index (χ0) is 14.8. The molecule has 21 heavy (non-hydrogen) atoms. The summed E-state index contributed by atoms with van der Waals surface area (Å²) in [5, 5.41) is 12.0. The summed E-state index contributed by atoms with van der Waals surface area (Å²) in [5.74, 6) is -1.03. The van der Waals surface area contributed by atoms with Crippen molar-refractivity contribution in [2.45, 2.75) is 0 Å². The number of benzene rings is 2. The summed E-state index contributed by atoms with van der Waals surface area (Å²) in [7, 11) is 0. The summed E-state index contributed by atoms with van der Waals surface area (Å²) in [6.45, 7) is 0. The van der Waals surface area contributed by atoms with Crippen LogP contribution < -0.4 is 5.32 Å². The van der Waals surface area contributed by atoms with E-state index in [0.717, 1.165) is 17.0 Å². The Morgan fingerprint density at radius 3 is 2.86 bits per heavy atom. The number of carbonyl (C=O) groups excluding carboxylic acids is 1. The van der Waals surface area contributed by atoms with Gasteiger partial charge in [-0.1, -0.05) is 6.07 Å². The number of nitrogens with zero attached hydrogens (tertiary/aromatic N) is 1. The van der Waals surface area contributed by atoms with Gasteiger partial charge in [0.05, 0.1) is 17.3 Å². The van der Waals surface area contributed by atoms with E-state index in [4.69, 9.17) is 5.26 Å². The second-order valence-electron chi connectivity index (χ2n) is 4.51. The monoisotopic (exact) mass is 279 g/mol. The van der Waals surface area contributed by atoms with Crippen molar-refractivity contribution in [3.05, 3.63) is 65.6 Å². The molecule has 0 unspecified atom stereocenters. The standard InChI is InChI=1S/C16H10FN3O/c17-13-8-10(9-18)4-5-15(13)20-16(21)12-2-1-3-14-11(12)6-7-19-14/h1-8,19H,(H,20,21). The number of halogens is 1. The molecule has 3 aromatic rings. The van der Waals surface area contributed by atoms with E-state index in [-0.39, 0.29) is 11.3 Å². The molecule has 0 bridgehead atoms. The molecule has 0 radical (unpaired) electrons. The van der Waals surface area contributed by atoms with Gasteiger partial charge >= 0.3 is 0 Å². The number of amides is 1. The average molecular weight is 279 g/mol. The van der Waals surface area contributed by atoms with Crippen molar-refractivity contribution in [3.8, 4) is 6.07 Å². The molecule has 0 aliphatic rings. The lowest BCUT2D eigenvalue weighted by Gasteiger charge is -2.07. The van der Waals surface area contributed by atoms with Crippen LogP contribution in [0.5, 0.6) is 0 Å². The van der Waals surface area contributed by atoms with Crippen LogP contribution in [0.15, 0.2) is 48.7 Å². The second kappa shape index (κ2) is 5.10. The molecule has 1 aromatic heterocycles. The Kier molecular flexibility index (Phi) is 3.13. The van der Waals surface area contributed by atoms with Crippen LogP contribution in [-0.4, -0.2) is 10.9 Å². The zero-order valence-electron chi connectivity index (χ0n) is 10.9. The van der Waals surface area contributed by atoms with Crippen LogP contribution in [0.3, 0.4) is 0 Å². The van der Waals surface area contributed by atoms with Gasteiger partial charge in [-0.2, -0.15) is 5.26 Å². The first-order chi connectivity index (χ1) is 10.2. The van der Waals surface area contributed by atoms with Crippen molar-refractivity contribution in [2.75, 3.05) is 5.32 Å². The van der Waals surface area contributed by atoms with E-state index in [1.54, 1.807) is 24.4 Å². The van der Waals surface area contributed by atoms with E-state index in [0.29, 0.717) is 5.56 Å². The van der Waals surface area contributed by atoms with Gasteiger partial charge in [-0.25, -0.2) is 4.39 Å². The molecule has 0 aliphatic heterocycles. The predicted molar refractivity (Wildman–Crippen MR) is 77.4 cm³/mol. The first kappa shape index (κ1) is 12.9. The third kappa shape index (κ3) is 2.35. The lowest BCUT2D eigenvalue weighted by molar-refractivity contribution is 0.102. The molecular weight excluding hydrogens is 269 g/mol. The van der Waals surface area contributed by atoms with E-state index in [1.165, 1.54) is 12.1 Å². The number of nitrogens with one attached hydrogen (secondary N) is 2. The Hall–Kier alpha value is -3.13. The van der Waals surface area contributed by atoms with E-state index in [1.807, 2.05) is 12.1 Å². The molecule has 1 amide bonds. The molecule has 0 atom stereocenters. The van der Waals surface area contributed by atoms with Gasteiger partial charge < -0.3 is 10.3 Å². The minimum Gasteiger partial charge on any atom is -0.361 e. The topological polar surface area (TPSA) is 68.7 Å². The van der Waals surface area contributed by atoms with Gasteiger partial charge in [0.25, 0.3) is 5.91 Å². The number of rotatable bonds is 2. The zero-order valence-corrected chi connectivity index (χ0v) is 10.9. The first-order valence-electron chi connectivity index (χ1n) is 6.26. The first-order valence-corrected chi connectivity index (χ1v) is 6.26. The predicted octanol–water partition coefficient (Wildman–Crippen LogP) is 3.43. The highest BCUT2D eigenvalue weighted by Crippen LogP contribution is 2.20. The van der Waals surface area contributed by atoms with Crippen LogP contribution in [0.1, 0.15) is 15.9 Å². The molecule has 0 spiro atoms. The normalized spacial score (nSPS) is 10.3. The number of H-pyrrole nitrogens is 1. The molecule has 3 rings (SSSR count). The lowest BCUT2D eigenvalue weighted by atomic mass is 10.1. The largest absolute Gasteiger partial charge is 0.361 e. The van der Waals surface area contributed by atoms with E-state index < -0.39 is 11.7 Å². The van der Waals surface area contributed by atoms with Crippen LogP contribution in [0.25, 0.3) is 10.9 Å². The Balaban J connectivity index is 1.94. The molecule has 2 aromatic carbocycles. The van der Waals surface area contributed by atoms with Gasteiger partial charge in [-0.3, -0.25) is 4.79 Å². The molecule has 1 heterocycles. The number of hydrogen-bond donors (Lipinski definition) is 2. The van der Waals surface area contributed by atoms with E-state index in [9.17, 15) is 9.18 Å².